The van der Waals surface area contributed by atoms with Gasteiger partial charge in [-0.3, -0.25) is 9.10 Å². The van der Waals surface area contributed by atoms with Crippen LogP contribution in [0, 0.1) is 5.92 Å². The number of carbonyl (C=O) groups excluding carboxylic acids is 1. The van der Waals surface area contributed by atoms with Gasteiger partial charge < -0.3 is 5.32 Å². The van der Waals surface area contributed by atoms with Crippen LogP contribution in [0.15, 0.2) is 59.5 Å². The van der Waals surface area contributed by atoms with Crippen LogP contribution in [0.25, 0.3) is 0 Å². The lowest BCUT2D eigenvalue weighted by atomic mass is 10.1. The maximum absolute atomic E-state index is 12.8. The van der Waals surface area contributed by atoms with E-state index in [1.165, 1.54) is 17.4 Å². The number of anilines is 2. The number of nitrogens with one attached hydrogen (secondary N) is 1. The molecule has 2 aromatic rings. The fraction of sp³-hybridized carbons (Fsp3) is 0.316. The van der Waals surface area contributed by atoms with Crippen LogP contribution in [-0.4, -0.2) is 21.4 Å². The molecule has 0 aromatic heterocycles. The minimum atomic E-state index is -3.69. The molecule has 1 N–H and O–H groups in total. The monoisotopic (exact) mass is 358 g/mol. The minimum absolute atomic E-state index is 0.0246. The summed E-state index contributed by atoms with van der Waals surface area (Å²) in [6, 6.07) is 15.3. The second kappa shape index (κ2) is 7.27. The molecule has 3 rings (SSSR count). The SMILES string of the molecule is CN(c1ccccc1)S(=O)(=O)c1cccc(NC(=O)C2CCCC2)c1. The smallest absolute Gasteiger partial charge is 0.264 e. The van der Waals surface area contributed by atoms with Crippen molar-refractivity contribution < 1.29 is 13.2 Å². The van der Waals surface area contributed by atoms with E-state index in [0.29, 0.717) is 11.4 Å². The third-order valence-electron chi connectivity index (χ3n) is 4.61. The molecule has 0 unspecified atom stereocenters. The summed E-state index contributed by atoms with van der Waals surface area (Å²) < 4.78 is 26.9. The lowest BCUT2D eigenvalue weighted by Crippen LogP contribution is -2.26. The van der Waals surface area contributed by atoms with Gasteiger partial charge in [0.05, 0.1) is 10.6 Å². The lowest BCUT2D eigenvalue weighted by molar-refractivity contribution is -0.119. The zero-order valence-corrected chi connectivity index (χ0v) is 15.0. The Morgan fingerprint density at radius 3 is 2.40 bits per heavy atom. The molecule has 6 heteroatoms. The molecule has 0 aliphatic heterocycles. The van der Waals surface area contributed by atoms with Gasteiger partial charge in [0.15, 0.2) is 0 Å². The average molecular weight is 358 g/mol. The number of hydrogen-bond acceptors (Lipinski definition) is 3. The van der Waals surface area contributed by atoms with E-state index >= 15 is 0 Å². The lowest BCUT2D eigenvalue weighted by Gasteiger charge is -2.20. The van der Waals surface area contributed by atoms with Crippen LogP contribution in [0.5, 0.6) is 0 Å². The predicted molar refractivity (Wildman–Crippen MR) is 99.1 cm³/mol. The highest BCUT2D eigenvalue weighted by Crippen LogP contribution is 2.27. The largest absolute Gasteiger partial charge is 0.326 e. The fourth-order valence-electron chi connectivity index (χ4n) is 3.10. The highest BCUT2D eigenvalue weighted by Gasteiger charge is 2.24. The number of amides is 1. The zero-order valence-electron chi connectivity index (χ0n) is 14.2. The molecule has 0 atom stereocenters. The van der Waals surface area contributed by atoms with Gasteiger partial charge in [-0.2, -0.15) is 0 Å². The van der Waals surface area contributed by atoms with Crippen molar-refractivity contribution in [1.82, 2.24) is 0 Å². The molecule has 0 heterocycles. The van der Waals surface area contributed by atoms with E-state index in [9.17, 15) is 13.2 Å². The molecular weight excluding hydrogens is 336 g/mol. The van der Waals surface area contributed by atoms with Crippen molar-refractivity contribution in [3.05, 3.63) is 54.6 Å². The van der Waals surface area contributed by atoms with Crippen molar-refractivity contribution in [1.29, 1.82) is 0 Å². The Morgan fingerprint density at radius 2 is 1.72 bits per heavy atom. The van der Waals surface area contributed by atoms with E-state index < -0.39 is 10.0 Å². The van der Waals surface area contributed by atoms with E-state index in [4.69, 9.17) is 0 Å². The van der Waals surface area contributed by atoms with Crippen LogP contribution in [0.1, 0.15) is 25.7 Å². The van der Waals surface area contributed by atoms with Gasteiger partial charge in [0.2, 0.25) is 5.91 Å². The number of sulfonamides is 1. The standard InChI is InChI=1S/C19H22N2O3S/c1-21(17-11-3-2-4-12-17)25(23,24)18-13-7-10-16(14-18)20-19(22)15-8-5-6-9-15/h2-4,7,10-15H,5-6,8-9H2,1H3,(H,20,22). The summed E-state index contributed by atoms with van der Waals surface area (Å²) in [6.45, 7) is 0. The summed E-state index contributed by atoms with van der Waals surface area (Å²) in [4.78, 5) is 12.4. The minimum Gasteiger partial charge on any atom is -0.326 e. The van der Waals surface area contributed by atoms with Crippen LogP contribution in [0.4, 0.5) is 11.4 Å². The van der Waals surface area contributed by atoms with E-state index in [-0.39, 0.29) is 16.7 Å². The average Bonchev–Trinajstić information content (AvgIpc) is 3.17. The van der Waals surface area contributed by atoms with E-state index in [1.54, 1.807) is 42.5 Å². The van der Waals surface area contributed by atoms with Gasteiger partial charge in [-0.05, 0) is 43.2 Å². The molecule has 5 nitrogen and oxygen atoms in total. The Hall–Kier alpha value is -2.34. The summed E-state index contributed by atoms with van der Waals surface area (Å²) in [5, 5.41) is 2.85. The quantitative estimate of drug-likeness (QED) is 0.887. The third kappa shape index (κ3) is 3.85. The molecule has 0 bridgehead atoms. The summed E-state index contributed by atoms with van der Waals surface area (Å²) in [5.74, 6) is 0.00992. The molecule has 2 aromatic carbocycles. The first-order valence-electron chi connectivity index (χ1n) is 8.43. The van der Waals surface area contributed by atoms with Crippen LogP contribution in [-0.2, 0) is 14.8 Å². The Labute approximate surface area is 148 Å². The van der Waals surface area contributed by atoms with Crippen molar-refractivity contribution in [3.8, 4) is 0 Å². The number of carbonyl (C=O) groups is 1. The van der Waals surface area contributed by atoms with Crippen LogP contribution in [0.3, 0.4) is 0 Å². The Bertz CT molecular complexity index is 844. The van der Waals surface area contributed by atoms with Gasteiger partial charge in [-0.25, -0.2) is 8.42 Å². The predicted octanol–water partition coefficient (Wildman–Crippen LogP) is 3.64. The van der Waals surface area contributed by atoms with Gasteiger partial charge in [0.25, 0.3) is 10.0 Å². The molecular formula is C19H22N2O3S. The zero-order chi connectivity index (χ0) is 17.9. The maximum Gasteiger partial charge on any atom is 0.264 e. The first-order valence-corrected chi connectivity index (χ1v) is 9.87. The van der Waals surface area contributed by atoms with Crippen molar-refractivity contribution >= 4 is 27.3 Å². The number of rotatable bonds is 5. The molecule has 0 saturated heterocycles. The first kappa shape index (κ1) is 17.5. The molecule has 1 aliphatic rings. The van der Waals surface area contributed by atoms with Gasteiger partial charge in [-0.15, -0.1) is 0 Å². The summed E-state index contributed by atoms with van der Waals surface area (Å²) in [5.41, 5.74) is 1.10. The van der Waals surface area contributed by atoms with Gasteiger partial charge >= 0.3 is 0 Å². The highest BCUT2D eigenvalue weighted by molar-refractivity contribution is 7.92. The van der Waals surface area contributed by atoms with E-state index in [1.807, 2.05) is 6.07 Å². The van der Waals surface area contributed by atoms with Crippen LogP contribution < -0.4 is 9.62 Å². The van der Waals surface area contributed by atoms with E-state index in [2.05, 4.69) is 5.32 Å². The van der Waals surface area contributed by atoms with Crippen molar-refractivity contribution in [2.75, 3.05) is 16.7 Å². The van der Waals surface area contributed by atoms with Crippen LogP contribution >= 0.6 is 0 Å². The molecule has 1 amide bonds. The van der Waals surface area contributed by atoms with Crippen molar-refractivity contribution in [2.24, 2.45) is 5.92 Å². The topological polar surface area (TPSA) is 66.5 Å². The van der Waals surface area contributed by atoms with Gasteiger partial charge in [0, 0.05) is 18.7 Å². The molecule has 25 heavy (non-hydrogen) atoms. The third-order valence-corrected chi connectivity index (χ3v) is 6.39. The van der Waals surface area contributed by atoms with Crippen molar-refractivity contribution in [2.45, 2.75) is 30.6 Å². The summed E-state index contributed by atoms with van der Waals surface area (Å²) in [7, 11) is -2.17. The number of nitrogens with zero attached hydrogens (tertiary/aromatic N) is 1. The molecule has 0 spiro atoms. The first-order chi connectivity index (χ1) is 12.0. The molecule has 1 saturated carbocycles. The highest BCUT2D eigenvalue weighted by atomic mass is 32.2. The number of hydrogen-bond donors (Lipinski definition) is 1. The second-order valence-corrected chi connectivity index (χ2v) is 8.28. The van der Waals surface area contributed by atoms with Gasteiger partial charge in [-0.1, -0.05) is 37.1 Å². The fourth-order valence-corrected chi connectivity index (χ4v) is 4.34. The normalized spacial score (nSPS) is 15.1. The maximum atomic E-state index is 12.8. The Morgan fingerprint density at radius 1 is 1.04 bits per heavy atom. The Balaban J connectivity index is 1.81. The summed E-state index contributed by atoms with van der Waals surface area (Å²) >= 11 is 0. The Kier molecular flexibility index (Phi) is 5.08. The van der Waals surface area contributed by atoms with Crippen LogP contribution in [0.2, 0.25) is 0 Å². The molecule has 0 radical (unpaired) electrons. The summed E-state index contributed by atoms with van der Waals surface area (Å²) in [6.07, 6.45) is 3.96. The number of para-hydroxylation sites is 1. The molecule has 1 fully saturated rings. The second-order valence-electron chi connectivity index (χ2n) is 6.31. The van der Waals surface area contributed by atoms with Gasteiger partial charge in [0.1, 0.15) is 0 Å². The van der Waals surface area contributed by atoms with E-state index in [0.717, 1.165) is 25.7 Å². The molecule has 132 valence electrons. The molecule has 1 aliphatic carbocycles. The number of benzene rings is 2. The van der Waals surface area contributed by atoms with Crippen molar-refractivity contribution in [3.63, 3.8) is 0 Å².